The summed E-state index contributed by atoms with van der Waals surface area (Å²) < 4.78 is 1.96. The van der Waals surface area contributed by atoms with Gasteiger partial charge in [0.05, 0.1) is 16.4 Å². The Hall–Kier alpha value is -0.540. The van der Waals surface area contributed by atoms with E-state index in [0.29, 0.717) is 0 Å². The van der Waals surface area contributed by atoms with E-state index in [4.69, 9.17) is 11.6 Å². The molecule has 0 unspecified atom stereocenters. The molecule has 74 valence electrons. The molecular weight excluding hydrogens is 186 g/mol. The standard InChI is InChI=1S/C9H16ClN3/c1-4-7-9(10)8(6-11-3)13(5-2)12-7/h11H,4-6H2,1-3H3. The molecule has 0 radical (unpaired) electrons. The number of aryl methyl sites for hydroxylation is 2. The Kier molecular flexibility index (Phi) is 3.75. The fourth-order valence-corrected chi connectivity index (χ4v) is 1.69. The highest BCUT2D eigenvalue weighted by atomic mass is 35.5. The SMILES string of the molecule is CCc1nn(CC)c(CNC)c1Cl. The summed E-state index contributed by atoms with van der Waals surface area (Å²) in [5, 5.41) is 8.32. The van der Waals surface area contributed by atoms with Gasteiger partial charge in [0.2, 0.25) is 0 Å². The van der Waals surface area contributed by atoms with E-state index < -0.39 is 0 Å². The minimum Gasteiger partial charge on any atom is -0.314 e. The van der Waals surface area contributed by atoms with Crippen LogP contribution in [0.1, 0.15) is 25.2 Å². The Balaban J connectivity index is 3.05. The van der Waals surface area contributed by atoms with Gasteiger partial charge in [0, 0.05) is 13.1 Å². The molecule has 1 aromatic heterocycles. The van der Waals surface area contributed by atoms with Crippen LogP contribution in [0.4, 0.5) is 0 Å². The van der Waals surface area contributed by atoms with Gasteiger partial charge >= 0.3 is 0 Å². The molecule has 0 saturated carbocycles. The van der Waals surface area contributed by atoms with Gasteiger partial charge in [-0.2, -0.15) is 5.10 Å². The second kappa shape index (κ2) is 4.63. The van der Waals surface area contributed by atoms with Gasteiger partial charge in [0.25, 0.3) is 0 Å². The summed E-state index contributed by atoms with van der Waals surface area (Å²) in [5.74, 6) is 0. The van der Waals surface area contributed by atoms with Gasteiger partial charge in [-0.25, -0.2) is 0 Å². The van der Waals surface area contributed by atoms with Crippen molar-refractivity contribution in [3.8, 4) is 0 Å². The molecule has 1 aromatic rings. The normalized spacial score (nSPS) is 10.8. The third kappa shape index (κ3) is 2.03. The average molecular weight is 202 g/mol. The molecule has 1 N–H and O–H groups in total. The summed E-state index contributed by atoms with van der Waals surface area (Å²) in [4.78, 5) is 0. The first-order valence-electron chi connectivity index (χ1n) is 4.63. The lowest BCUT2D eigenvalue weighted by Gasteiger charge is -2.03. The van der Waals surface area contributed by atoms with Gasteiger partial charge in [-0.15, -0.1) is 0 Å². The number of nitrogens with one attached hydrogen (secondary N) is 1. The van der Waals surface area contributed by atoms with Gasteiger partial charge in [-0.05, 0) is 20.4 Å². The predicted molar refractivity (Wildman–Crippen MR) is 55.1 cm³/mol. The van der Waals surface area contributed by atoms with Crippen LogP contribution in [0.15, 0.2) is 0 Å². The van der Waals surface area contributed by atoms with Crippen molar-refractivity contribution in [2.45, 2.75) is 33.4 Å². The van der Waals surface area contributed by atoms with Crippen molar-refractivity contribution in [2.75, 3.05) is 7.05 Å². The second-order valence-corrected chi connectivity index (χ2v) is 3.28. The average Bonchev–Trinajstić information content (AvgIpc) is 2.45. The first kappa shape index (κ1) is 10.5. The second-order valence-electron chi connectivity index (χ2n) is 2.91. The first-order valence-corrected chi connectivity index (χ1v) is 5.01. The van der Waals surface area contributed by atoms with Crippen LogP contribution in [-0.4, -0.2) is 16.8 Å². The minimum atomic E-state index is 0.777. The monoisotopic (exact) mass is 201 g/mol. The molecule has 1 heterocycles. The molecule has 0 amide bonds. The molecule has 0 spiro atoms. The molecule has 4 heteroatoms. The fraction of sp³-hybridized carbons (Fsp3) is 0.667. The van der Waals surface area contributed by atoms with E-state index in [2.05, 4.69) is 24.3 Å². The zero-order valence-electron chi connectivity index (χ0n) is 8.39. The van der Waals surface area contributed by atoms with Gasteiger partial charge in [0.1, 0.15) is 0 Å². The molecule has 0 aliphatic carbocycles. The lowest BCUT2D eigenvalue weighted by atomic mass is 10.3. The van der Waals surface area contributed by atoms with Crippen molar-refractivity contribution >= 4 is 11.6 Å². The molecular formula is C9H16ClN3. The molecule has 0 aromatic carbocycles. The number of hydrogen-bond donors (Lipinski definition) is 1. The highest BCUT2D eigenvalue weighted by Crippen LogP contribution is 2.21. The third-order valence-corrected chi connectivity index (χ3v) is 2.47. The van der Waals surface area contributed by atoms with Gasteiger partial charge in [-0.1, -0.05) is 18.5 Å². The third-order valence-electron chi connectivity index (χ3n) is 2.04. The van der Waals surface area contributed by atoms with Crippen LogP contribution in [-0.2, 0) is 19.5 Å². The Morgan fingerprint density at radius 1 is 1.46 bits per heavy atom. The Morgan fingerprint density at radius 3 is 2.62 bits per heavy atom. The summed E-state index contributed by atoms with van der Waals surface area (Å²) in [5.41, 5.74) is 2.08. The fourth-order valence-electron chi connectivity index (χ4n) is 1.35. The molecule has 0 saturated heterocycles. The Morgan fingerprint density at radius 2 is 2.15 bits per heavy atom. The van der Waals surface area contributed by atoms with Crippen LogP contribution in [0.2, 0.25) is 5.02 Å². The van der Waals surface area contributed by atoms with Crippen LogP contribution < -0.4 is 5.32 Å². The molecule has 0 aliphatic heterocycles. The van der Waals surface area contributed by atoms with E-state index in [9.17, 15) is 0 Å². The van der Waals surface area contributed by atoms with Crippen molar-refractivity contribution in [1.82, 2.24) is 15.1 Å². The van der Waals surface area contributed by atoms with Crippen molar-refractivity contribution in [3.63, 3.8) is 0 Å². The van der Waals surface area contributed by atoms with E-state index >= 15 is 0 Å². The molecule has 0 fully saturated rings. The summed E-state index contributed by atoms with van der Waals surface area (Å²) in [6.07, 6.45) is 0.891. The van der Waals surface area contributed by atoms with Crippen molar-refractivity contribution in [3.05, 3.63) is 16.4 Å². The largest absolute Gasteiger partial charge is 0.314 e. The molecule has 3 nitrogen and oxygen atoms in total. The molecule has 0 bridgehead atoms. The lowest BCUT2D eigenvalue weighted by Crippen LogP contribution is -2.11. The van der Waals surface area contributed by atoms with Crippen LogP contribution in [0.5, 0.6) is 0 Å². The first-order chi connectivity index (χ1) is 6.24. The molecule has 13 heavy (non-hydrogen) atoms. The highest BCUT2D eigenvalue weighted by Gasteiger charge is 2.12. The summed E-state index contributed by atoms with van der Waals surface area (Å²) in [6, 6.07) is 0. The van der Waals surface area contributed by atoms with Crippen LogP contribution in [0, 0.1) is 0 Å². The highest BCUT2D eigenvalue weighted by molar-refractivity contribution is 6.31. The zero-order chi connectivity index (χ0) is 9.84. The van der Waals surface area contributed by atoms with Crippen molar-refractivity contribution < 1.29 is 0 Å². The lowest BCUT2D eigenvalue weighted by molar-refractivity contribution is 0.597. The quantitative estimate of drug-likeness (QED) is 0.806. The number of nitrogens with zero attached hydrogens (tertiary/aromatic N) is 2. The maximum Gasteiger partial charge on any atom is 0.0863 e. The van der Waals surface area contributed by atoms with Crippen molar-refractivity contribution in [2.24, 2.45) is 0 Å². The van der Waals surface area contributed by atoms with Gasteiger partial charge in [0.15, 0.2) is 0 Å². The zero-order valence-corrected chi connectivity index (χ0v) is 9.15. The summed E-state index contributed by atoms with van der Waals surface area (Å²) >= 11 is 6.16. The van der Waals surface area contributed by atoms with Gasteiger partial charge < -0.3 is 5.32 Å². The molecule has 1 rings (SSSR count). The van der Waals surface area contributed by atoms with Crippen LogP contribution in [0.25, 0.3) is 0 Å². The van der Waals surface area contributed by atoms with E-state index in [1.807, 2.05) is 11.7 Å². The van der Waals surface area contributed by atoms with Crippen molar-refractivity contribution in [1.29, 1.82) is 0 Å². The van der Waals surface area contributed by atoms with E-state index in [1.54, 1.807) is 0 Å². The van der Waals surface area contributed by atoms with E-state index in [0.717, 1.165) is 35.9 Å². The number of rotatable bonds is 4. The molecule has 0 atom stereocenters. The summed E-state index contributed by atoms with van der Waals surface area (Å²) in [6.45, 7) is 5.79. The Labute approximate surface area is 84.1 Å². The van der Waals surface area contributed by atoms with E-state index in [-0.39, 0.29) is 0 Å². The minimum absolute atomic E-state index is 0.777. The number of hydrogen-bond acceptors (Lipinski definition) is 2. The Bertz CT molecular complexity index is 281. The summed E-state index contributed by atoms with van der Waals surface area (Å²) in [7, 11) is 1.91. The maximum atomic E-state index is 6.16. The van der Waals surface area contributed by atoms with Gasteiger partial charge in [-0.3, -0.25) is 4.68 Å². The molecule has 0 aliphatic rings. The smallest absolute Gasteiger partial charge is 0.0863 e. The maximum absolute atomic E-state index is 6.16. The van der Waals surface area contributed by atoms with Crippen LogP contribution in [0.3, 0.4) is 0 Å². The number of aromatic nitrogens is 2. The van der Waals surface area contributed by atoms with Crippen LogP contribution >= 0.6 is 11.6 Å². The predicted octanol–water partition coefficient (Wildman–Crippen LogP) is 1.84. The van der Waals surface area contributed by atoms with E-state index in [1.165, 1.54) is 0 Å². The number of halogens is 1. The topological polar surface area (TPSA) is 29.9 Å².